The van der Waals surface area contributed by atoms with Crippen molar-refractivity contribution in [2.24, 2.45) is 0 Å². The maximum atomic E-state index is 9.02. The number of H-pyrrole nitrogens is 1. The topological polar surface area (TPSA) is 65.4 Å². The van der Waals surface area contributed by atoms with E-state index in [0.717, 1.165) is 29.3 Å². The Labute approximate surface area is 100 Å². The zero-order chi connectivity index (χ0) is 12.3. The van der Waals surface area contributed by atoms with Crippen LogP contribution in [0.25, 0.3) is 11.4 Å². The van der Waals surface area contributed by atoms with E-state index in [0.29, 0.717) is 0 Å². The van der Waals surface area contributed by atoms with Gasteiger partial charge in [-0.2, -0.15) is 5.26 Å². The van der Waals surface area contributed by atoms with Crippen LogP contribution in [0.5, 0.6) is 0 Å². The van der Waals surface area contributed by atoms with Crippen LogP contribution in [-0.4, -0.2) is 15.0 Å². The summed E-state index contributed by atoms with van der Waals surface area (Å²) in [5.74, 6) is 0.555. The molecule has 86 valence electrons. The summed E-state index contributed by atoms with van der Waals surface area (Å²) in [7, 11) is 0. The molecular formula is C13H14N4. The molecule has 0 amide bonds. The first-order chi connectivity index (χ1) is 8.26. The van der Waals surface area contributed by atoms with Crippen molar-refractivity contribution in [3.63, 3.8) is 0 Å². The van der Waals surface area contributed by atoms with Gasteiger partial charge >= 0.3 is 0 Å². The van der Waals surface area contributed by atoms with E-state index in [-0.39, 0.29) is 5.92 Å². The fourth-order valence-corrected chi connectivity index (χ4v) is 1.75. The summed E-state index contributed by atoms with van der Waals surface area (Å²) in [6.07, 6.45) is 2.50. The second-order valence-electron chi connectivity index (χ2n) is 3.90. The van der Waals surface area contributed by atoms with Crippen LogP contribution < -0.4 is 0 Å². The second kappa shape index (κ2) is 4.79. The van der Waals surface area contributed by atoms with Crippen molar-refractivity contribution in [2.75, 3.05) is 0 Å². The molecule has 4 nitrogen and oxygen atoms in total. The molecule has 0 aliphatic carbocycles. The summed E-state index contributed by atoms with van der Waals surface area (Å²) < 4.78 is 0. The molecule has 0 saturated carbocycles. The minimum Gasteiger partial charge on any atom is -0.344 e. The van der Waals surface area contributed by atoms with E-state index in [2.05, 4.69) is 21.0 Å². The predicted molar refractivity (Wildman–Crippen MR) is 65.2 cm³/mol. The van der Waals surface area contributed by atoms with Gasteiger partial charge in [0.1, 0.15) is 17.4 Å². The van der Waals surface area contributed by atoms with Crippen molar-refractivity contribution in [1.82, 2.24) is 15.0 Å². The lowest BCUT2D eigenvalue weighted by molar-refractivity contribution is 0.764. The Morgan fingerprint density at radius 3 is 2.88 bits per heavy atom. The Kier molecular flexibility index (Phi) is 3.20. The first kappa shape index (κ1) is 11.3. The van der Waals surface area contributed by atoms with Crippen molar-refractivity contribution < 1.29 is 0 Å². The quantitative estimate of drug-likeness (QED) is 0.875. The molecule has 0 radical (unpaired) electrons. The second-order valence-corrected chi connectivity index (χ2v) is 3.90. The number of nitrogens with zero attached hydrogens (tertiary/aromatic N) is 3. The molecule has 0 saturated heterocycles. The molecule has 0 bridgehead atoms. The monoisotopic (exact) mass is 226 g/mol. The van der Waals surface area contributed by atoms with E-state index in [4.69, 9.17) is 5.26 Å². The molecule has 2 heterocycles. The Balaban J connectivity index is 2.42. The number of hydrogen-bond donors (Lipinski definition) is 1. The van der Waals surface area contributed by atoms with Gasteiger partial charge in [-0.15, -0.1) is 0 Å². The van der Waals surface area contributed by atoms with Gasteiger partial charge in [-0.1, -0.05) is 13.0 Å². The van der Waals surface area contributed by atoms with Gasteiger partial charge < -0.3 is 4.98 Å². The molecular weight excluding hydrogens is 212 g/mol. The third-order valence-electron chi connectivity index (χ3n) is 2.70. The minimum absolute atomic E-state index is 0.175. The predicted octanol–water partition coefficient (Wildman–Crippen LogP) is 2.80. The Bertz CT molecular complexity index is 536. The van der Waals surface area contributed by atoms with Crippen LogP contribution in [0.4, 0.5) is 0 Å². The summed E-state index contributed by atoms with van der Waals surface area (Å²) >= 11 is 0. The highest BCUT2D eigenvalue weighted by atomic mass is 15.0. The van der Waals surface area contributed by atoms with Gasteiger partial charge in [0.05, 0.1) is 11.8 Å². The Morgan fingerprint density at radius 2 is 2.29 bits per heavy atom. The molecule has 0 spiro atoms. The SMILES string of the molecule is CCC(C#N)c1nc(-c2ccccn2)c(C)[nH]1. The normalized spacial score (nSPS) is 12.1. The largest absolute Gasteiger partial charge is 0.344 e. The maximum Gasteiger partial charge on any atom is 0.124 e. The van der Waals surface area contributed by atoms with Crippen LogP contribution in [0.15, 0.2) is 24.4 Å². The van der Waals surface area contributed by atoms with Crippen LogP contribution in [0.1, 0.15) is 30.8 Å². The van der Waals surface area contributed by atoms with E-state index in [1.807, 2.05) is 32.0 Å². The average molecular weight is 226 g/mol. The number of nitriles is 1. The molecule has 17 heavy (non-hydrogen) atoms. The van der Waals surface area contributed by atoms with Crippen LogP contribution >= 0.6 is 0 Å². The molecule has 4 heteroatoms. The fraction of sp³-hybridized carbons (Fsp3) is 0.308. The molecule has 1 atom stereocenters. The van der Waals surface area contributed by atoms with E-state index in [1.165, 1.54) is 0 Å². The smallest absolute Gasteiger partial charge is 0.124 e. The lowest BCUT2D eigenvalue weighted by Gasteiger charge is -1.99. The summed E-state index contributed by atoms with van der Waals surface area (Å²) in [5.41, 5.74) is 2.61. The van der Waals surface area contributed by atoms with Gasteiger partial charge in [0.25, 0.3) is 0 Å². The average Bonchev–Trinajstić information content (AvgIpc) is 2.74. The first-order valence-electron chi connectivity index (χ1n) is 5.63. The van der Waals surface area contributed by atoms with E-state index in [1.54, 1.807) is 6.20 Å². The number of imidazole rings is 1. The van der Waals surface area contributed by atoms with Crippen LogP contribution in [0.2, 0.25) is 0 Å². The Hall–Kier alpha value is -2.15. The standard InChI is InChI=1S/C13H14N4/c1-3-10(8-14)13-16-9(2)12(17-13)11-6-4-5-7-15-11/h4-7,10H,3H2,1-2H3,(H,16,17). The molecule has 0 aromatic carbocycles. The number of pyridine rings is 1. The zero-order valence-electron chi connectivity index (χ0n) is 9.94. The lowest BCUT2D eigenvalue weighted by atomic mass is 10.1. The molecule has 0 fully saturated rings. The summed E-state index contributed by atoms with van der Waals surface area (Å²) in [4.78, 5) is 11.9. The molecule has 2 aromatic rings. The highest BCUT2D eigenvalue weighted by molar-refractivity contribution is 5.57. The Morgan fingerprint density at radius 1 is 1.47 bits per heavy atom. The van der Waals surface area contributed by atoms with Crippen molar-refractivity contribution in [3.8, 4) is 17.5 Å². The minimum atomic E-state index is -0.175. The zero-order valence-corrected chi connectivity index (χ0v) is 9.94. The van der Waals surface area contributed by atoms with Gasteiger partial charge in [0, 0.05) is 11.9 Å². The highest BCUT2D eigenvalue weighted by Gasteiger charge is 2.16. The molecule has 1 unspecified atom stereocenters. The molecule has 1 N–H and O–H groups in total. The molecule has 0 aliphatic rings. The number of aryl methyl sites for hydroxylation is 1. The van der Waals surface area contributed by atoms with Gasteiger partial charge in [-0.25, -0.2) is 4.98 Å². The number of aromatic nitrogens is 3. The van der Waals surface area contributed by atoms with E-state index < -0.39 is 0 Å². The number of aromatic amines is 1. The van der Waals surface area contributed by atoms with Gasteiger partial charge in [0.15, 0.2) is 0 Å². The first-order valence-corrected chi connectivity index (χ1v) is 5.63. The van der Waals surface area contributed by atoms with Crippen LogP contribution in [0.3, 0.4) is 0 Å². The highest BCUT2D eigenvalue weighted by Crippen LogP contribution is 2.23. The van der Waals surface area contributed by atoms with Crippen molar-refractivity contribution in [3.05, 3.63) is 35.9 Å². The van der Waals surface area contributed by atoms with Crippen molar-refractivity contribution in [1.29, 1.82) is 5.26 Å². The van der Waals surface area contributed by atoms with E-state index >= 15 is 0 Å². The number of nitrogens with one attached hydrogen (secondary N) is 1. The number of hydrogen-bond acceptors (Lipinski definition) is 3. The van der Waals surface area contributed by atoms with Crippen LogP contribution in [-0.2, 0) is 0 Å². The van der Waals surface area contributed by atoms with Gasteiger partial charge in [-0.3, -0.25) is 4.98 Å². The molecule has 0 aliphatic heterocycles. The molecule has 2 rings (SSSR count). The third-order valence-corrected chi connectivity index (χ3v) is 2.70. The van der Waals surface area contributed by atoms with Crippen LogP contribution in [0, 0.1) is 18.3 Å². The third kappa shape index (κ3) is 2.18. The van der Waals surface area contributed by atoms with Crippen molar-refractivity contribution in [2.45, 2.75) is 26.2 Å². The van der Waals surface area contributed by atoms with E-state index in [9.17, 15) is 0 Å². The van der Waals surface area contributed by atoms with Gasteiger partial charge in [-0.05, 0) is 25.5 Å². The fourth-order valence-electron chi connectivity index (χ4n) is 1.75. The summed E-state index contributed by atoms with van der Waals surface area (Å²) in [6, 6.07) is 7.96. The maximum absolute atomic E-state index is 9.02. The summed E-state index contributed by atoms with van der Waals surface area (Å²) in [5, 5.41) is 9.02. The van der Waals surface area contributed by atoms with Gasteiger partial charge in [0.2, 0.25) is 0 Å². The molecule has 2 aromatic heterocycles. The van der Waals surface area contributed by atoms with Crippen molar-refractivity contribution >= 4 is 0 Å². The lowest BCUT2D eigenvalue weighted by Crippen LogP contribution is -1.96. The number of rotatable bonds is 3. The summed E-state index contributed by atoms with van der Waals surface area (Å²) in [6.45, 7) is 3.93.